The molecule has 0 spiro atoms. The number of piperidine rings is 1. The van der Waals surface area contributed by atoms with Crippen LogP contribution in [0.5, 0.6) is 5.75 Å². The summed E-state index contributed by atoms with van der Waals surface area (Å²) in [5.74, 6) is 1.69. The lowest BCUT2D eigenvalue weighted by molar-refractivity contribution is 0.137. The average Bonchev–Trinajstić information content (AvgIpc) is 3.30. The molecule has 2 aliphatic heterocycles. The van der Waals surface area contributed by atoms with Gasteiger partial charge in [-0.3, -0.25) is 4.98 Å². The van der Waals surface area contributed by atoms with Gasteiger partial charge in [0.1, 0.15) is 11.9 Å². The molecular formula is C28H44ClN3O3S. The molecule has 1 aromatic carbocycles. The quantitative estimate of drug-likeness (QED) is 0.516. The van der Waals surface area contributed by atoms with E-state index in [2.05, 4.69) is 41.2 Å². The summed E-state index contributed by atoms with van der Waals surface area (Å²) in [5, 5.41) is 7.86. The lowest BCUT2D eigenvalue weighted by Gasteiger charge is -2.31. The second kappa shape index (κ2) is 16.4. The third kappa shape index (κ3) is 10.1. The van der Waals surface area contributed by atoms with Crippen LogP contribution in [0.1, 0.15) is 55.2 Å². The Morgan fingerprint density at radius 3 is 2.25 bits per heavy atom. The number of pyridine rings is 1. The largest absolute Gasteiger partial charge is 0.490 e. The molecule has 0 bridgehead atoms. The number of aliphatic hydroxyl groups is 1. The lowest BCUT2D eigenvalue weighted by Crippen LogP contribution is -2.40. The molecule has 2 saturated heterocycles. The predicted octanol–water partition coefficient (Wildman–Crippen LogP) is 5.34. The van der Waals surface area contributed by atoms with Gasteiger partial charge in [0.15, 0.2) is 0 Å². The summed E-state index contributed by atoms with van der Waals surface area (Å²) in [6.07, 6.45) is 10.5. The highest BCUT2D eigenvalue weighted by Gasteiger charge is 2.25. The Kier molecular flexibility index (Phi) is 14.0. The number of aromatic nitrogens is 1. The minimum atomic E-state index is -0.830. The third-order valence-electron chi connectivity index (χ3n) is 6.94. The van der Waals surface area contributed by atoms with Crippen molar-refractivity contribution in [3.63, 3.8) is 0 Å². The van der Waals surface area contributed by atoms with E-state index < -0.39 is 11.0 Å². The van der Waals surface area contributed by atoms with Gasteiger partial charge in [-0.2, -0.15) is 0 Å². The second-order valence-corrected chi connectivity index (χ2v) is 11.5. The van der Waals surface area contributed by atoms with Gasteiger partial charge in [0.05, 0.1) is 11.0 Å². The first-order chi connectivity index (χ1) is 17.3. The third-order valence-corrected chi connectivity index (χ3v) is 8.93. The Morgan fingerprint density at radius 1 is 1.03 bits per heavy atom. The number of likely N-dealkylation sites (tertiary alicyclic amines) is 1. The summed E-state index contributed by atoms with van der Waals surface area (Å²) >= 11 is 5.89. The average molecular weight is 538 g/mol. The van der Waals surface area contributed by atoms with Gasteiger partial charge in [0.25, 0.3) is 0 Å². The molecule has 2 aromatic rings. The zero-order chi connectivity index (χ0) is 26.5. The smallest absolute Gasteiger partial charge is 0.122 e. The van der Waals surface area contributed by atoms with Crippen molar-refractivity contribution in [2.45, 2.75) is 71.4 Å². The van der Waals surface area contributed by atoms with Gasteiger partial charge < -0.3 is 14.7 Å². The van der Waals surface area contributed by atoms with E-state index in [0.717, 1.165) is 61.6 Å². The molecule has 0 amide bonds. The summed E-state index contributed by atoms with van der Waals surface area (Å²) in [6.45, 7) is 9.14. The number of nitrogens with zero attached hydrogens (tertiary/aromatic N) is 3. The molecule has 0 aliphatic carbocycles. The molecule has 1 N–H and O–H groups in total. The fraction of sp³-hybridized carbons (Fsp3) is 0.607. The zero-order valence-electron chi connectivity index (χ0n) is 22.6. The Labute approximate surface area is 225 Å². The summed E-state index contributed by atoms with van der Waals surface area (Å²) in [5.41, 5.74) is 3.72. The van der Waals surface area contributed by atoms with Crippen molar-refractivity contribution in [3.05, 3.63) is 58.4 Å². The van der Waals surface area contributed by atoms with Crippen LogP contribution in [0.2, 0.25) is 5.02 Å². The number of hydrogen-bond donors (Lipinski definition) is 1. The number of aryl methyl sites for hydroxylation is 3. The van der Waals surface area contributed by atoms with E-state index in [0.29, 0.717) is 6.04 Å². The summed E-state index contributed by atoms with van der Waals surface area (Å²) in [7, 11) is 2.38. The highest BCUT2D eigenvalue weighted by molar-refractivity contribution is 7.82. The van der Waals surface area contributed by atoms with Gasteiger partial charge in [0, 0.05) is 49.4 Å². The number of aliphatic hydroxyl groups excluding tert-OH is 1. The van der Waals surface area contributed by atoms with Gasteiger partial charge in [-0.25, -0.2) is 8.51 Å². The van der Waals surface area contributed by atoms with Crippen molar-refractivity contribution in [1.82, 2.24) is 14.2 Å². The Bertz CT molecular complexity index is 874. The molecule has 6 nitrogen and oxygen atoms in total. The van der Waals surface area contributed by atoms with Crippen LogP contribution in [0.25, 0.3) is 0 Å². The lowest BCUT2D eigenvalue weighted by atomic mass is 10.1. The Balaban J connectivity index is 0.000000318. The van der Waals surface area contributed by atoms with E-state index in [-0.39, 0.29) is 6.10 Å². The normalized spacial score (nSPS) is 19.6. The molecule has 202 valence electrons. The first-order valence-electron chi connectivity index (χ1n) is 12.9. The Morgan fingerprint density at radius 2 is 1.67 bits per heavy atom. The SMILES string of the molecule is CN1CCCC1CCCS(=O)N1CCC(Oc2ccncc2)CC1.CO.Cc1cc(C)c(Cl)cc1C. The maximum absolute atomic E-state index is 12.5. The second-order valence-electron chi connectivity index (χ2n) is 9.56. The summed E-state index contributed by atoms with van der Waals surface area (Å²) in [4.78, 5) is 6.45. The van der Waals surface area contributed by atoms with Crippen LogP contribution in [0.3, 0.4) is 0 Å². The van der Waals surface area contributed by atoms with Crippen LogP contribution in [0.15, 0.2) is 36.7 Å². The Hall–Kier alpha value is -1.51. The maximum Gasteiger partial charge on any atom is 0.122 e. The van der Waals surface area contributed by atoms with Crippen LogP contribution in [-0.2, 0) is 11.0 Å². The number of ether oxygens (including phenoxy) is 1. The van der Waals surface area contributed by atoms with Gasteiger partial charge in [-0.05, 0) is 108 Å². The predicted molar refractivity (Wildman–Crippen MR) is 151 cm³/mol. The van der Waals surface area contributed by atoms with Crippen molar-refractivity contribution >= 4 is 22.6 Å². The highest BCUT2D eigenvalue weighted by atomic mass is 35.5. The first kappa shape index (κ1) is 30.7. The topological polar surface area (TPSA) is 65.9 Å². The van der Waals surface area contributed by atoms with Crippen molar-refractivity contribution in [3.8, 4) is 5.75 Å². The molecule has 2 aliphatic rings. The molecular weight excluding hydrogens is 494 g/mol. The minimum Gasteiger partial charge on any atom is -0.490 e. The molecule has 8 heteroatoms. The number of hydrogen-bond acceptors (Lipinski definition) is 5. The highest BCUT2D eigenvalue weighted by Crippen LogP contribution is 2.22. The molecule has 2 fully saturated rings. The molecule has 3 heterocycles. The summed E-state index contributed by atoms with van der Waals surface area (Å²) in [6, 6.07) is 8.61. The van der Waals surface area contributed by atoms with Gasteiger partial charge in [-0.1, -0.05) is 17.7 Å². The van der Waals surface area contributed by atoms with Crippen molar-refractivity contribution in [2.75, 3.05) is 39.5 Å². The molecule has 2 atom stereocenters. The monoisotopic (exact) mass is 537 g/mol. The molecule has 1 aromatic heterocycles. The van der Waals surface area contributed by atoms with Crippen molar-refractivity contribution in [1.29, 1.82) is 0 Å². The number of rotatable bonds is 7. The van der Waals surface area contributed by atoms with Gasteiger partial charge >= 0.3 is 0 Å². The van der Waals surface area contributed by atoms with Crippen molar-refractivity contribution in [2.24, 2.45) is 0 Å². The fourth-order valence-corrected chi connectivity index (χ4v) is 6.11. The molecule has 4 rings (SSSR count). The standard InChI is InChI=1S/C18H29N3O2S.C9H11Cl.CH4O/c1-20-12-2-4-16(20)5-3-15-24(22)21-13-8-18(9-14-21)23-17-6-10-19-11-7-17;1-6-4-8(3)9(10)5-7(6)2;1-2/h6-7,10-11,16,18H,2-5,8-9,12-15H2,1H3;4-5H,1-3H3;2H,1H3. The molecule has 36 heavy (non-hydrogen) atoms. The fourth-order valence-electron chi connectivity index (χ4n) is 4.60. The van der Waals surface area contributed by atoms with E-state index in [1.54, 1.807) is 12.4 Å². The number of halogens is 1. The van der Waals surface area contributed by atoms with Crippen LogP contribution in [-0.4, -0.2) is 75.2 Å². The molecule has 0 radical (unpaired) electrons. The molecule has 0 saturated carbocycles. The minimum absolute atomic E-state index is 0.229. The van der Waals surface area contributed by atoms with E-state index in [9.17, 15) is 4.21 Å². The van der Waals surface area contributed by atoms with Crippen molar-refractivity contribution < 1.29 is 14.1 Å². The van der Waals surface area contributed by atoms with Gasteiger partial charge in [-0.15, -0.1) is 0 Å². The molecule has 2 unspecified atom stereocenters. The van der Waals surface area contributed by atoms with Crippen LogP contribution < -0.4 is 4.74 Å². The van der Waals surface area contributed by atoms with Gasteiger partial charge in [0.2, 0.25) is 0 Å². The zero-order valence-corrected chi connectivity index (χ0v) is 24.2. The summed E-state index contributed by atoms with van der Waals surface area (Å²) < 4.78 is 20.6. The number of benzene rings is 1. The van der Waals surface area contributed by atoms with Crippen LogP contribution in [0.4, 0.5) is 0 Å². The van der Waals surface area contributed by atoms with E-state index in [1.807, 2.05) is 25.1 Å². The first-order valence-corrected chi connectivity index (χ1v) is 14.6. The van der Waals surface area contributed by atoms with Crippen LogP contribution in [0, 0.1) is 20.8 Å². The van der Waals surface area contributed by atoms with Crippen LogP contribution >= 0.6 is 11.6 Å². The maximum atomic E-state index is 12.5. The van der Waals surface area contributed by atoms with E-state index >= 15 is 0 Å². The van der Waals surface area contributed by atoms with E-state index in [4.69, 9.17) is 21.4 Å². The van der Waals surface area contributed by atoms with E-state index in [1.165, 1.54) is 36.9 Å².